The first-order valence-corrected chi connectivity index (χ1v) is 8.71. The number of halogens is 1. The van der Waals surface area contributed by atoms with Gasteiger partial charge in [-0.1, -0.05) is 55.2 Å². The number of anilines is 1. The van der Waals surface area contributed by atoms with E-state index < -0.39 is 0 Å². The van der Waals surface area contributed by atoms with Gasteiger partial charge in [-0.15, -0.1) is 0 Å². The highest BCUT2D eigenvalue weighted by atomic mass is 35.5. The minimum absolute atomic E-state index is 0.800. The Hall–Kier alpha value is -0.800. The molecule has 1 fully saturated rings. The van der Waals surface area contributed by atoms with E-state index in [0.717, 1.165) is 38.8 Å². The third kappa shape index (κ3) is 3.26. The number of nitrogens with one attached hydrogen (secondary N) is 1. The molecule has 0 radical (unpaired) electrons. The van der Waals surface area contributed by atoms with E-state index in [1.165, 1.54) is 32.1 Å². The molecule has 3 rings (SSSR count). The van der Waals surface area contributed by atoms with E-state index in [1.54, 1.807) is 11.3 Å². The summed E-state index contributed by atoms with van der Waals surface area (Å²) in [6.45, 7) is 3.41. The van der Waals surface area contributed by atoms with E-state index in [2.05, 4.69) is 17.2 Å². The zero-order valence-electron chi connectivity index (χ0n) is 11.9. The number of thiazole rings is 1. The third-order valence-corrected chi connectivity index (χ3v) is 5.73. The van der Waals surface area contributed by atoms with Crippen LogP contribution in [0.25, 0.3) is 10.2 Å². The first-order valence-electron chi connectivity index (χ1n) is 7.51. The van der Waals surface area contributed by atoms with Crippen LogP contribution in [0, 0.1) is 11.8 Å². The molecular weight excluding hydrogens is 288 g/mol. The molecule has 1 aliphatic carbocycles. The quantitative estimate of drug-likeness (QED) is 0.797. The number of nitrogens with zero attached hydrogens (tertiary/aromatic N) is 1. The summed E-state index contributed by atoms with van der Waals surface area (Å²) in [5, 5.41) is 5.27. The summed E-state index contributed by atoms with van der Waals surface area (Å²) in [7, 11) is 0. The maximum atomic E-state index is 6.18. The predicted octanol–water partition coefficient (Wildman–Crippen LogP) is 5.58. The molecule has 1 saturated carbocycles. The molecule has 2 nitrogen and oxygen atoms in total. The summed E-state index contributed by atoms with van der Waals surface area (Å²) in [6.07, 6.45) is 6.88. The van der Waals surface area contributed by atoms with Crippen molar-refractivity contribution in [3.63, 3.8) is 0 Å². The van der Waals surface area contributed by atoms with Crippen LogP contribution in [0.4, 0.5) is 5.13 Å². The van der Waals surface area contributed by atoms with Gasteiger partial charge in [0.05, 0.1) is 15.2 Å². The lowest BCUT2D eigenvalue weighted by atomic mass is 9.81. The number of hydrogen-bond donors (Lipinski definition) is 1. The lowest BCUT2D eigenvalue weighted by molar-refractivity contribution is 0.274. The highest BCUT2D eigenvalue weighted by Crippen LogP contribution is 2.33. The Bertz CT molecular complexity index is 581. The fraction of sp³-hybridized carbons (Fsp3) is 0.562. The zero-order chi connectivity index (χ0) is 13.9. The largest absolute Gasteiger partial charge is 0.361 e. The highest BCUT2D eigenvalue weighted by Gasteiger charge is 2.18. The van der Waals surface area contributed by atoms with Crippen molar-refractivity contribution in [3.05, 3.63) is 23.2 Å². The molecule has 0 spiro atoms. The fourth-order valence-electron chi connectivity index (χ4n) is 3.20. The van der Waals surface area contributed by atoms with E-state index in [4.69, 9.17) is 11.6 Å². The van der Waals surface area contributed by atoms with Crippen LogP contribution in [0.5, 0.6) is 0 Å². The average Bonchev–Trinajstić information content (AvgIpc) is 2.83. The van der Waals surface area contributed by atoms with Gasteiger partial charge in [0, 0.05) is 6.54 Å². The number of benzene rings is 1. The monoisotopic (exact) mass is 308 g/mol. The van der Waals surface area contributed by atoms with Crippen LogP contribution in [-0.4, -0.2) is 11.5 Å². The molecule has 0 bridgehead atoms. The van der Waals surface area contributed by atoms with Gasteiger partial charge in [0.15, 0.2) is 5.13 Å². The van der Waals surface area contributed by atoms with Gasteiger partial charge in [-0.25, -0.2) is 4.98 Å². The molecule has 1 N–H and O–H groups in total. The number of fused-ring (bicyclic) bond motifs is 1. The molecule has 2 atom stereocenters. The molecule has 0 amide bonds. The van der Waals surface area contributed by atoms with Crippen LogP contribution in [0.3, 0.4) is 0 Å². The molecule has 20 heavy (non-hydrogen) atoms. The summed E-state index contributed by atoms with van der Waals surface area (Å²) < 4.78 is 1.09. The van der Waals surface area contributed by atoms with Crippen molar-refractivity contribution in [2.75, 3.05) is 11.9 Å². The van der Waals surface area contributed by atoms with Crippen molar-refractivity contribution in [2.45, 2.75) is 39.0 Å². The van der Waals surface area contributed by atoms with Gasteiger partial charge < -0.3 is 5.32 Å². The van der Waals surface area contributed by atoms with Crippen molar-refractivity contribution < 1.29 is 0 Å². The summed E-state index contributed by atoms with van der Waals surface area (Å²) in [5.74, 6) is 1.80. The average molecular weight is 309 g/mol. The molecular formula is C16H21ClN2S. The lowest BCUT2D eigenvalue weighted by Gasteiger charge is -2.26. The zero-order valence-corrected chi connectivity index (χ0v) is 13.4. The molecule has 1 heterocycles. The SMILES string of the molecule is CC1CCCC(CCNc2nc3cccc(Cl)c3s2)C1. The second kappa shape index (κ2) is 6.31. The molecule has 108 valence electrons. The van der Waals surface area contributed by atoms with Crippen LogP contribution in [0.2, 0.25) is 5.02 Å². The fourth-order valence-corrected chi connectivity index (χ4v) is 4.38. The molecule has 2 aromatic rings. The Labute approximate surface area is 129 Å². The lowest BCUT2D eigenvalue weighted by Crippen LogP contribution is -2.16. The standard InChI is InChI=1S/C16H21ClN2S/c1-11-4-2-5-12(10-11)8-9-18-16-19-14-7-3-6-13(17)15(14)20-16/h3,6-7,11-12H,2,4-5,8-10H2,1H3,(H,18,19). The smallest absolute Gasteiger partial charge is 0.183 e. The first-order chi connectivity index (χ1) is 9.72. The summed E-state index contributed by atoms with van der Waals surface area (Å²) >= 11 is 7.84. The van der Waals surface area contributed by atoms with Crippen LogP contribution in [0.15, 0.2) is 18.2 Å². The normalized spacial score (nSPS) is 23.1. The maximum absolute atomic E-state index is 6.18. The number of hydrogen-bond acceptors (Lipinski definition) is 3. The minimum atomic E-state index is 0.800. The van der Waals surface area contributed by atoms with Gasteiger partial charge in [-0.2, -0.15) is 0 Å². The molecule has 1 aromatic heterocycles. The molecule has 2 unspecified atom stereocenters. The van der Waals surface area contributed by atoms with Crippen molar-refractivity contribution in [3.8, 4) is 0 Å². The van der Waals surface area contributed by atoms with E-state index in [9.17, 15) is 0 Å². The third-order valence-electron chi connectivity index (χ3n) is 4.24. The summed E-state index contributed by atoms with van der Waals surface area (Å²) in [5.41, 5.74) is 0.997. The molecule has 1 aromatic carbocycles. The number of rotatable bonds is 4. The van der Waals surface area contributed by atoms with Gasteiger partial charge >= 0.3 is 0 Å². The van der Waals surface area contributed by atoms with Gasteiger partial charge in [0.2, 0.25) is 0 Å². The van der Waals surface area contributed by atoms with Crippen molar-refractivity contribution in [1.82, 2.24) is 4.98 Å². The molecule has 0 saturated heterocycles. The Kier molecular flexibility index (Phi) is 4.47. The van der Waals surface area contributed by atoms with Crippen LogP contribution >= 0.6 is 22.9 Å². The van der Waals surface area contributed by atoms with Crippen LogP contribution in [0.1, 0.15) is 39.0 Å². The second-order valence-electron chi connectivity index (χ2n) is 5.96. The van der Waals surface area contributed by atoms with Crippen LogP contribution < -0.4 is 5.32 Å². The van der Waals surface area contributed by atoms with Crippen molar-refractivity contribution >= 4 is 38.3 Å². The minimum Gasteiger partial charge on any atom is -0.361 e. The topological polar surface area (TPSA) is 24.9 Å². The van der Waals surface area contributed by atoms with Crippen LogP contribution in [-0.2, 0) is 0 Å². The van der Waals surface area contributed by atoms with Gasteiger partial charge in [-0.05, 0) is 36.8 Å². The second-order valence-corrected chi connectivity index (χ2v) is 7.37. The Balaban J connectivity index is 1.56. The summed E-state index contributed by atoms with van der Waals surface area (Å²) in [6, 6.07) is 5.90. The predicted molar refractivity (Wildman–Crippen MR) is 88.9 cm³/mol. The molecule has 4 heteroatoms. The number of aromatic nitrogens is 1. The van der Waals surface area contributed by atoms with Crippen molar-refractivity contribution in [2.24, 2.45) is 11.8 Å². The van der Waals surface area contributed by atoms with E-state index >= 15 is 0 Å². The summed E-state index contributed by atoms with van der Waals surface area (Å²) in [4.78, 5) is 4.59. The van der Waals surface area contributed by atoms with Gasteiger partial charge in [0.25, 0.3) is 0 Å². The van der Waals surface area contributed by atoms with E-state index in [1.807, 2.05) is 18.2 Å². The highest BCUT2D eigenvalue weighted by molar-refractivity contribution is 7.22. The first kappa shape index (κ1) is 14.2. The molecule has 1 aliphatic rings. The Morgan fingerprint density at radius 3 is 3.10 bits per heavy atom. The Morgan fingerprint density at radius 2 is 2.30 bits per heavy atom. The van der Waals surface area contributed by atoms with E-state index in [0.29, 0.717) is 0 Å². The van der Waals surface area contributed by atoms with Gasteiger partial charge in [-0.3, -0.25) is 0 Å². The maximum Gasteiger partial charge on any atom is 0.183 e. The van der Waals surface area contributed by atoms with Crippen molar-refractivity contribution in [1.29, 1.82) is 0 Å². The van der Waals surface area contributed by atoms with E-state index in [-0.39, 0.29) is 0 Å². The van der Waals surface area contributed by atoms with Gasteiger partial charge in [0.1, 0.15) is 0 Å². The Morgan fingerprint density at radius 1 is 1.40 bits per heavy atom. The molecule has 0 aliphatic heterocycles.